The molecule has 0 bridgehead atoms. The Balaban J connectivity index is 0.00000147. The average molecular weight is 580 g/mol. The number of amides is 1. The highest BCUT2D eigenvalue weighted by Gasteiger charge is 2.32. The summed E-state index contributed by atoms with van der Waals surface area (Å²) in [6.07, 6.45) is 1.60. The van der Waals surface area contributed by atoms with Crippen LogP contribution < -0.4 is 15.3 Å². The maximum Gasteiger partial charge on any atom is 0.338 e. The summed E-state index contributed by atoms with van der Waals surface area (Å²) in [7, 11) is 6.36. The predicted octanol–water partition coefficient (Wildman–Crippen LogP) is 4.92. The van der Waals surface area contributed by atoms with E-state index in [4.69, 9.17) is 26.2 Å². The fourth-order valence-corrected chi connectivity index (χ4v) is 5.12. The van der Waals surface area contributed by atoms with Gasteiger partial charge in [-0.15, -0.1) is 0 Å². The van der Waals surface area contributed by atoms with Crippen LogP contribution >= 0.6 is 11.6 Å². The maximum atomic E-state index is 12.5. The number of anilines is 2. The van der Waals surface area contributed by atoms with E-state index in [9.17, 15) is 9.59 Å². The van der Waals surface area contributed by atoms with Crippen molar-refractivity contribution in [1.29, 1.82) is 0 Å². The van der Waals surface area contributed by atoms with Gasteiger partial charge in [-0.25, -0.2) is 4.79 Å². The van der Waals surface area contributed by atoms with Gasteiger partial charge >= 0.3 is 5.97 Å². The van der Waals surface area contributed by atoms with Crippen LogP contribution in [0, 0.1) is 0 Å². The molecule has 0 saturated carbocycles. The normalized spacial score (nSPS) is 16.1. The number of nitrogens with one attached hydrogen (secondary N) is 1. The number of benzene rings is 3. The lowest BCUT2D eigenvalue weighted by Gasteiger charge is -2.39. The molecule has 0 spiro atoms. The van der Waals surface area contributed by atoms with Crippen LogP contribution in [0.3, 0.4) is 0 Å². The number of quaternary nitrogens is 1. The lowest BCUT2D eigenvalue weighted by molar-refractivity contribution is -0.870. The quantitative estimate of drug-likeness (QED) is 0.176. The largest absolute Gasteiger partial charge is 0.554 e. The Bertz CT molecular complexity index is 1340. The first-order chi connectivity index (χ1) is 19.4. The first-order valence-electron chi connectivity index (χ1n) is 13.5. The van der Waals surface area contributed by atoms with Crippen LogP contribution in [-0.2, 0) is 14.3 Å². The summed E-state index contributed by atoms with van der Waals surface area (Å²) in [4.78, 5) is 35.1. The van der Waals surface area contributed by atoms with Crippen LogP contribution in [0.1, 0.15) is 48.7 Å². The van der Waals surface area contributed by atoms with E-state index in [1.165, 1.54) is 0 Å². The van der Waals surface area contributed by atoms with Gasteiger partial charge in [0.2, 0.25) is 5.91 Å². The molecule has 1 aliphatic heterocycles. The van der Waals surface area contributed by atoms with Crippen molar-refractivity contribution in [3.05, 3.63) is 82.9 Å². The van der Waals surface area contributed by atoms with Gasteiger partial charge in [0.25, 0.3) is 0 Å². The van der Waals surface area contributed by atoms with Gasteiger partial charge in [0.05, 0.1) is 45.9 Å². The van der Waals surface area contributed by atoms with E-state index < -0.39 is 6.47 Å². The van der Waals surface area contributed by atoms with Gasteiger partial charge in [-0.05, 0) is 78.6 Å². The highest BCUT2D eigenvalue weighted by Crippen LogP contribution is 2.41. The van der Waals surface area contributed by atoms with Crippen LogP contribution in [0.4, 0.5) is 11.4 Å². The van der Waals surface area contributed by atoms with Crippen LogP contribution in [-0.4, -0.2) is 63.2 Å². The van der Waals surface area contributed by atoms with Crippen molar-refractivity contribution in [2.45, 2.75) is 38.8 Å². The van der Waals surface area contributed by atoms with Gasteiger partial charge in [-0.1, -0.05) is 29.8 Å². The number of carbonyl (C=O) groups is 3. The zero-order valence-corrected chi connectivity index (χ0v) is 25.0. The number of nitrogens with zero attached hydrogens (tertiary/aromatic N) is 2. The molecular formula is C32H38ClN3O5. The molecule has 0 aromatic heterocycles. The van der Waals surface area contributed by atoms with E-state index in [0.717, 1.165) is 51.9 Å². The van der Waals surface area contributed by atoms with Gasteiger partial charge in [-0.3, -0.25) is 4.79 Å². The van der Waals surface area contributed by atoms with Crippen molar-refractivity contribution in [3.8, 4) is 11.1 Å². The number of hydrogen-bond donors (Lipinski definition) is 1. The Morgan fingerprint density at radius 3 is 2.24 bits per heavy atom. The fraction of sp³-hybridized carbons (Fsp3) is 0.344. The summed E-state index contributed by atoms with van der Waals surface area (Å²) in [6, 6.07) is 21.5. The van der Waals surface area contributed by atoms with E-state index in [0.29, 0.717) is 17.2 Å². The van der Waals surface area contributed by atoms with Crippen molar-refractivity contribution in [2.75, 3.05) is 44.5 Å². The summed E-state index contributed by atoms with van der Waals surface area (Å²) >= 11 is 6.08. The van der Waals surface area contributed by atoms with Crippen molar-refractivity contribution in [3.63, 3.8) is 0 Å². The smallest absolute Gasteiger partial charge is 0.338 e. The molecule has 0 unspecified atom stereocenters. The zero-order chi connectivity index (χ0) is 30.2. The van der Waals surface area contributed by atoms with Gasteiger partial charge in [0, 0.05) is 42.3 Å². The SMILES string of the molecule is CC(=O)N1c2ccc(-c3ccc(C(=O)OCCC[N+](C)(C)C)cc3)cc2[C@H](Nc2ccc(Cl)cc2)C[C@@H]1C.O=C[O-]. The average Bonchev–Trinajstić information content (AvgIpc) is 2.92. The Hall–Kier alpha value is -3.88. The Morgan fingerprint density at radius 2 is 1.66 bits per heavy atom. The van der Waals surface area contributed by atoms with E-state index in [1.54, 1.807) is 6.92 Å². The molecule has 1 heterocycles. The maximum absolute atomic E-state index is 12.5. The Labute approximate surface area is 247 Å². The molecule has 9 heteroatoms. The van der Waals surface area contributed by atoms with E-state index >= 15 is 0 Å². The van der Waals surface area contributed by atoms with Crippen LogP contribution in [0.2, 0.25) is 5.02 Å². The lowest BCUT2D eigenvalue weighted by atomic mass is 9.88. The summed E-state index contributed by atoms with van der Waals surface area (Å²) < 4.78 is 6.30. The molecule has 3 aromatic carbocycles. The molecular weight excluding hydrogens is 542 g/mol. The predicted molar refractivity (Wildman–Crippen MR) is 161 cm³/mol. The van der Waals surface area contributed by atoms with Gasteiger partial charge < -0.3 is 29.3 Å². The summed E-state index contributed by atoms with van der Waals surface area (Å²) in [5, 5.41) is 12.6. The highest BCUT2D eigenvalue weighted by molar-refractivity contribution is 6.30. The number of carboxylic acid groups (broad SMARTS) is 1. The number of hydrogen-bond acceptors (Lipinski definition) is 6. The molecule has 0 radical (unpaired) electrons. The second kappa shape index (κ2) is 14.1. The molecule has 8 nitrogen and oxygen atoms in total. The first kappa shape index (κ1) is 31.6. The number of rotatable bonds is 8. The summed E-state index contributed by atoms with van der Waals surface area (Å²) in [5.74, 6) is -0.275. The fourth-order valence-electron chi connectivity index (χ4n) is 4.99. The molecule has 0 fully saturated rings. The Kier molecular flexibility index (Phi) is 10.9. The minimum absolute atomic E-state index is 0.0256. The minimum atomic E-state index is -0.500. The third kappa shape index (κ3) is 8.80. The number of esters is 1. The number of fused-ring (bicyclic) bond motifs is 1. The van der Waals surface area contributed by atoms with Crippen LogP contribution in [0.5, 0.6) is 0 Å². The van der Waals surface area contributed by atoms with Crippen molar-refractivity contribution in [2.24, 2.45) is 0 Å². The summed E-state index contributed by atoms with van der Waals surface area (Å²) in [6.45, 7) is 4.54. The molecule has 2 atom stereocenters. The van der Waals surface area contributed by atoms with Crippen LogP contribution in [0.15, 0.2) is 66.7 Å². The van der Waals surface area contributed by atoms with E-state index in [1.807, 2.05) is 65.6 Å². The highest BCUT2D eigenvalue weighted by atomic mass is 35.5. The Morgan fingerprint density at radius 1 is 1.05 bits per heavy atom. The minimum Gasteiger partial charge on any atom is -0.554 e. The molecule has 1 N–H and O–H groups in total. The van der Waals surface area contributed by atoms with E-state index in [2.05, 4.69) is 39.4 Å². The lowest BCUT2D eigenvalue weighted by Crippen LogP contribution is -2.43. The van der Waals surface area contributed by atoms with E-state index in [-0.39, 0.29) is 24.0 Å². The molecule has 0 aliphatic carbocycles. The molecule has 41 heavy (non-hydrogen) atoms. The monoisotopic (exact) mass is 579 g/mol. The number of halogens is 1. The second-order valence-corrected chi connectivity index (χ2v) is 11.6. The molecule has 4 rings (SSSR count). The van der Waals surface area contributed by atoms with Crippen molar-refractivity contribution >= 4 is 41.3 Å². The third-order valence-electron chi connectivity index (χ3n) is 6.86. The van der Waals surface area contributed by atoms with Gasteiger partial charge in [0.15, 0.2) is 0 Å². The molecule has 218 valence electrons. The molecule has 1 aliphatic rings. The zero-order valence-electron chi connectivity index (χ0n) is 24.2. The standard InChI is InChI=1S/C31H37ClN3O3.CH2O2/c1-21-19-29(33-27-14-12-26(32)13-15-27)28-20-25(11-16-30(28)34(21)22(2)36)23-7-9-24(10-8-23)31(37)38-18-6-17-35(3,4)5;2-1-3/h7-16,20-21,29,33H,6,17-19H2,1-5H3;1H,(H,2,3)/q+1;/p-1/t21-,29+;/m0./s1. The van der Waals surface area contributed by atoms with Gasteiger partial charge in [-0.2, -0.15) is 0 Å². The molecule has 3 aromatic rings. The van der Waals surface area contributed by atoms with Crippen LogP contribution in [0.25, 0.3) is 11.1 Å². The molecule has 1 amide bonds. The first-order valence-corrected chi connectivity index (χ1v) is 13.9. The van der Waals surface area contributed by atoms with Gasteiger partial charge in [0.1, 0.15) is 0 Å². The molecule has 0 saturated heterocycles. The van der Waals surface area contributed by atoms with Crippen molar-refractivity contribution in [1.82, 2.24) is 0 Å². The second-order valence-electron chi connectivity index (χ2n) is 11.1. The summed E-state index contributed by atoms with van der Waals surface area (Å²) in [5.41, 5.74) is 5.51. The topological polar surface area (TPSA) is 98.8 Å². The van der Waals surface area contributed by atoms with Crippen molar-refractivity contribution < 1.29 is 28.7 Å². The number of ether oxygens (including phenoxy) is 1. The number of carbonyl (C=O) groups excluding carboxylic acids is 3. The third-order valence-corrected chi connectivity index (χ3v) is 7.12.